The third kappa shape index (κ3) is 5.31. The van der Waals surface area contributed by atoms with E-state index in [0.29, 0.717) is 25.4 Å². The van der Waals surface area contributed by atoms with Crippen molar-refractivity contribution in [2.24, 2.45) is 10.1 Å². The number of hydrogen-bond acceptors (Lipinski definition) is 5. The lowest BCUT2D eigenvalue weighted by Gasteiger charge is -2.30. The van der Waals surface area contributed by atoms with Gasteiger partial charge in [-0.2, -0.15) is 5.10 Å². The Kier molecular flexibility index (Phi) is 7.55. The predicted octanol–water partition coefficient (Wildman–Crippen LogP) is 3.58. The molecule has 150 valence electrons. The Bertz CT molecular complexity index is 824. The van der Waals surface area contributed by atoms with Crippen molar-refractivity contribution >= 4 is 23.0 Å². The lowest BCUT2D eigenvalue weighted by Crippen LogP contribution is -2.51. The smallest absolute Gasteiger partial charge is 0.244 e. The van der Waals surface area contributed by atoms with Crippen LogP contribution in [0.15, 0.2) is 47.0 Å². The molecule has 1 saturated heterocycles. The Morgan fingerprint density at radius 1 is 1.46 bits per heavy atom. The fourth-order valence-corrected chi connectivity index (χ4v) is 2.90. The molecule has 1 unspecified atom stereocenters. The van der Waals surface area contributed by atoms with Crippen LogP contribution in [-0.4, -0.2) is 48.1 Å². The largest absolute Gasteiger partial charge is 0.494 e. The number of nitrogens with zero attached hydrogens (tertiary/aromatic N) is 3. The second-order valence-corrected chi connectivity index (χ2v) is 6.67. The lowest BCUT2D eigenvalue weighted by molar-refractivity contribution is -0.128. The summed E-state index contributed by atoms with van der Waals surface area (Å²) < 4.78 is 5.60. The first-order valence-electron chi connectivity index (χ1n) is 9.61. The zero-order chi connectivity index (χ0) is 20.7. The van der Waals surface area contributed by atoms with E-state index in [2.05, 4.69) is 17.0 Å². The van der Waals surface area contributed by atoms with Gasteiger partial charge >= 0.3 is 0 Å². The van der Waals surface area contributed by atoms with Gasteiger partial charge in [-0.3, -0.25) is 9.80 Å². The Morgan fingerprint density at radius 3 is 2.86 bits per heavy atom. The van der Waals surface area contributed by atoms with E-state index in [9.17, 15) is 4.79 Å². The van der Waals surface area contributed by atoms with E-state index >= 15 is 0 Å². The minimum atomic E-state index is -0.299. The van der Waals surface area contributed by atoms with Crippen molar-refractivity contribution in [3.63, 3.8) is 0 Å². The summed E-state index contributed by atoms with van der Waals surface area (Å²) in [5.41, 5.74) is 4.09. The summed E-state index contributed by atoms with van der Waals surface area (Å²) in [7, 11) is 0. The molecule has 0 spiro atoms. The van der Waals surface area contributed by atoms with Gasteiger partial charge in [-0.25, -0.2) is 4.99 Å². The zero-order valence-corrected chi connectivity index (χ0v) is 17.5. The van der Waals surface area contributed by atoms with Crippen LogP contribution in [0.4, 0.5) is 0 Å². The molecule has 1 atom stereocenters. The summed E-state index contributed by atoms with van der Waals surface area (Å²) in [6.45, 7) is 15.7. The van der Waals surface area contributed by atoms with Crippen LogP contribution in [0.1, 0.15) is 38.8 Å². The maximum atomic E-state index is 11.9. The normalized spacial score (nSPS) is 18.4. The average molecular weight is 383 g/mol. The minimum absolute atomic E-state index is 0.0124. The Balaban J connectivity index is 2.27. The summed E-state index contributed by atoms with van der Waals surface area (Å²) in [5, 5.41) is 9.28. The number of piperazine rings is 1. The number of hydrogen-bond donors (Lipinski definition) is 1. The van der Waals surface area contributed by atoms with E-state index in [1.54, 1.807) is 5.01 Å². The molecular formula is C22H30N4O2. The summed E-state index contributed by atoms with van der Waals surface area (Å²) in [4.78, 5) is 16.6. The van der Waals surface area contributed by atoms with Crippen LogP contribution in [0, 0.1) is 6.92 Å². The number of amides is 1. The molecule has 1 heterocycles. The molecule has 1 fully saturated rings. The molecule has 6 nitrogen and oxygen atoms in total. The number of nitrogens with one attached hydrogen (secondary N) is 1. The quantitative estimate of drug-likeness (QED) is 0.733. The molecule has 0 bridgehead atoms. The van der Waals surface area contributed by atoms with Crippen LogP contribution < -0.4 is 10.1 Å². The number of carbonyl (C=O) groups excluding carboxylic acids is 1. The highest BCUT2D eigenvalue weighted by molar-refractivity contribution is 6.46. The van der Waals surface area contributed by atoms with Crippen LogP contribution >= 0.6 is 0 Å². The number of rotatable bonds is 7. The minimum Gasteiger partial charge on any atom is -0.494 e. The van der Waals surface area contributed by atoms with Crippen molar-refractivity contribution < 1.29 is 9.53 Å². The SMILES string of the molecule is C=C(N=C(/C=C\C)/C(C)=N/N1CCNC(=O)C1C)c1ccc(OCC)c(C)c1. The van der Waals surface area contributed by atoms with E-state index in [-0.39, 0.29) is 11.9 Å². The monoisotopic (exact) mass is 382 g/mol. The molecule has 1 N–H and O–H groups in total. The van der Waals surface area contributed by atoms with Gasteiger partial charge in [-0.15, -0.1) is 0 Å². The van der Waals surface area contributed by atoms with Crippen LogP contribution in [0.5, 0.6) is 5.75 Å². The topological polar surface area (TPSA) is 66.3 Å². The van der Waals surface area contributed by atoms with Crippen molar-refractivity contribution in [3.05, 3.63) is 48.1 Å². The molecule has 0 saturated carbocycles. The highest BCUT2D eigenvalue weighted by Gasteiger charge is 2.24. The lowest BCUT2D eigenvalue weighted by atomic mass is 10.1. The average Bonchev–Trinajstić information content (AvgIpc) is 2.66. The molecule has 1 amide bonds. The maximum absolute atomic E-state index is 11.9. The van der Waals surface area contributed by atoms with Gasteiger partial charge in [0.2, 0.25) is 5.91 Å². The Labute approximate surface area is 167 Å². The molecular weight excluding hydrogens is 352 g/mol. The van der Waals surface area contributed by atoms with Crippen molar-refractivity contribution in [2.45, 2.75) is 40.7 Å². The van der Waals surface area contributed by atoms with Crippen LogP contribution in [0.3, 0.4) is 0 Å². The fourth-order valence-electron chi connectivity index (χ4n) is 2.90. The van der Waals surface area contributed by atoms with Crippen LogP contribution in [0.2, 0.25) is 0 Å². The highest BCUT2D eigenvalue weighted by atomic mass is 16.5. The van der Waals surface area contributed by atoms with Gasteiger partial charge < -0.3 is 10.1 Å². The summed E-state index contributed by atoms with van der Waals surface area (Å²) in [6.07, 6.45) is 3.82. The van der Waals surface area contributed by atoms with E-state index in [0.717, 1.165) is 28.3 Å². The molecule has 0 aliphatic carbocycles. The zero-order valence-electron chi connectivity index (χ0n) is 17.5. The molecule has 0 aromatic heterocycles. The van der Waals surface area contributed by atoms with Crippen molar-refractivity contribution in [2.75, 3.05) is 19.7 Å². The van der Waals surface area contributed by atoms with Crippen LogP contribution in [-0.2, 0) is 4.79 Å². The van der Waals surface area contributed by atoms with Gasteiger partial charge in [-0.05, 0) is 64.5 Å². The van der Waals surface area contributed by atoms with E-state index in [1.807, 2.05) is 65.0 Å². The van der Waals surface area contributed by atoms with E-state index in [1.165, 1.54) is 0 Å². The van der Waals surface area contributed by atoms with Gasteiger partial charge in [0.25, 0.3) is 0 Å². The molecule has 6 heteroatoms. The summed E-state index contributed by atoms with van der Waals surface area (Å²) >= 11 is 0. The first-order valence-corrected chi connectivity index (χ1v) is 9.61. The molecule has 1 aliphatic heterocycles. The van der Waals surface area contributed by atoms with E-state index in [4.69, 9.17) is 9.73 Å². The Morgan fingerprint density at radius 2 is 2.21 bits per heavy atom. The molecule has 0 radical (unpaired) electrons. The number of allylic oxidation sites excluding steroid dienone is 2. The standard InChI is InChI=1S/C22H30N4O2/c1-7-9-20(17(5)25-26-13-12-23-22(27)18(26)6)24-16(4)19-10-11-21(28-8-2)15(3)14-19/h7,9-11,14,18H,4,8,12-13H2,1-3,5-6H3,(H,23,27)/b9-7-,24-20?,25-17+. The summed E-state index contributed by atoms with van der Waals surface area (Å²) in [5.74, 6) is 0.855. The Hall–Kier alpha value is -2.89. The van der Waals surface area contributed by atoms with Gasteiger partial charge in [0, 0.05) is 12.1 Å². The predicted molar refractivity (Wildman–Crippen MR) is 116 cm³/mol. The first-order chi connectivity index (χ1) is 13.4. The fraction of sp³-hybridized carbons (Fsp3) is 0.409. The van der Waals surface area contributed by atoms with E-state index < -0.39 is 0 Å². The van der Waals surface area contributed by atoms with Crippen molar-refractivity contribution in [3.8, 4) is 5.75 Å². The number of ether oxygens (including phenoxy) is 1. The molecule has 1 aliphatic rings. The first kappa shape index (κ1) is 21.4. The third-order valence-electron chi connectivity index (χ3n) is 4.50. The molecule has 2 rings (SSSR count). The van der Waals surface area contributed by atoms with Gasteiger partial charge in [0.05, 0.1) is 30.3 Å². The summed E-state index contributed by atoms with van der Waals surface area (Å²) in [6, 6.07) is 5.63. The number of hydrazone groups is 1. The third-order valence-corrected chi connectivity index (χ3v) is 4.50. The number of benzene rings is 1. The van der Waals surface area contributed by atoms with Crippen molar-refractivity contribution in [1.29, 1.82) is 0 Å². The van der Waals surface area contributed by atoms with Gasteiger partial charge in [-0.1, -0.05) is 12.7 Å². The van der Waals surface area contributed by atoms with Gasteiger partial charge in [0.15, 0.2) is 0 Å². The van der Waals surface area contributed by atoms with Gasteiger partial charge in [0.1, 0.15) is 11.8 Å². The van der Waals surface area contributed by atoms with Crippen LogP contribution in [0.25, 0.3) is 5.70 Å². The second kappa shape index (κ2) is 9.88. The molecule has 1 aromatic carbocycles. The second-order valence-electron chi connectivity index (χ2n) is 6.67. The number of aliphatic imine (C=N–C) groups is 1. The highest BCUT2D eigenvalue weighted by Crippen LogP contribution is 2.23. The number of carbonyl (C=O) groups is 1. The maximum Gasteiger partial charge on any atom is 0.244 e. The molecule has 28 heavy (non-hydrogen) atoms. The number of aryl methyl sites for hydroxylation is 1. The van der Waals surface area contributed by atoms with Crippen molar-refractivity contribution in [1.82, 2.24) is 10.3 Å². The molecule has 1 aromatic rings.